The van der Waals surface area contributed by atoms with Crippen LogP contribution in [0, 0.1) is 0 Å². The number of halogens is 3. The fourth-order valence-corrected chi connectivity index (χ4v) is 4.82. The predicted octanol–water partition coefficient (Wildman–Crippen LogP) is 4.52. The minimum Gasteiger partial charge on any atom is -0.340 e. The average molecular weight is 470 g/mol. The van der Waals surface area contributed by atoms with Crippen LogP contribution in [0.3, 0.4) is 0 Å². The third kappa shape index (κ3) is 4.70. The van der Waals surface area contributed by atoms with Crippen LogP contribution >= 0.6 is 0 Å². The number of hydrogen-bond acceptors (Lipinski definition) is 5. The molecule has 2 heterocycles. The van der Waals surface area contributed by atoms with Gasteiger partial charge in [0, 0.05) is 31.7 Å². The second-order valence-corrected chi connectivity index (χ2v) is 8.84. The first kappa shape index (κ1) is 22.6. The lowest BCUT2D eigenvalue weighted by molar-refractivity contribution is -0.137. The zero-order valence-electron chi connectivity index (χ0n) is 18.6. The predicted molar refractivity (Wildman–Crippen MR) is 119 cm³/mol. The summed E-state index contributed by atoms with van der Waals surface area (Å²) in [5, 5.41) is 3.86. The van der Waals surface area contributed by atoms with Gasteiger partial charge in [-0.1, -0.05) is 41.6 Å². The Balaban J connectivity index is 1.19. The SMILES string of the molecule is O=C(C1CCCc2ccccc21)N1CCN(Cc2nc(-c3cccc(C(F)(F)F)c3)no2)CC1. The third-order valence-corrected chi connectivity index (χ3v) is 6.63. The van der Waals surface area contributed by atoms with Crippen molar-refractivity contribution in [1.29, 1.82) is 0 Å². The molecule has 2 aliphatic rings. The standard InChI is InChI=1S/C25H25F3N4O2/c26-25(27,28)19-8-3-7-18(15-19)23-29-22(34-30-23)16-31-11-13-32(14-12-31)24(33)21-10-4-6-17-5-1-2-9-20(17)21/h1-3,5,7-9,15,21H,4,6,10-14,16H2. The Morgan fingerprint density at radius 1 is 1.06 bits per heavy atom. The molecule has 1 saturated heterocycles. The second-order valence-electron chi connectivity index (χ2n) is 8.84. The zero-order valence-corrected chi connectivity index (χ0v) is 18.6. The van der Waals surface area contributed by atoms with Gasteiger partial charge in [-0.05, 0) is 42.5 Å². The molecule has 5 rings (SSSR count). The molecule has 34 heavy (non-hydrogen) atoms. The number of fused-ring (bicyclic) bond motifs is 1. The lowest BCUT2D eigenvalue weighted by Crippen LogP contribution is -2.49. The molecular weight excluding hydrogens is 445 g/mol. The highest BCUT2D eigenvalue weighted by atomic mass is 19.4. The smallest absolute Gasteiger partial charge is 0.340 e. The van der Waals surface area contributed by atoms with Crippen LogP contribution in [-0.4, -0.2) is 52.0 Å². The van der Waals surface area contributed by atoms with Gasteiger partial charge in [-0.2, -0.15) is 18.2 Å². The first-order valence-electron chi connectivity index (χ1n) is 11.5. The highest BCUT2D eigenvalue weighted by Crippen LogP contribution is 2.33. The summed E-state index contributed by atoms with van der Waals surface area (Å²) >= 11 is 0. The fourth-order valence-electron chi connectivity index (χ4n) is 4.82. The second kappa shape index (κ2) is 9.21. The van der Waals surface area contributed by atoms with E-state index in [1.54, 1.807) is 0 Å². The van der Waals surface area contributed by atoms with Gasteiger partial charge in [-0.25, -0.2) is 0 Å². The van der Waals surface area contributed by atoms with E-state index < -0.39 is 11.7 Å². The third-order valence-electron chi connectivity index (χ3n) is 6.63. The molecule has 1 aromatic heterocycles. The van der Waals surface area contributed by atoms with Crippen molar-refractivity contribution in [2.45, 2.75) is 37.9 Å². The summed E-state index contributed by atoms with van der Waals surface area (Å²) in [5.74, 6) is 0.596. The van der Waals surface area contributed by atoms with Crippen LogP contribution in [0.4, 0.5) is 13.2 Å². The molecule has 6 nitrogen and oxygen atoms in total. The number of piperazine rings is 1. The molecule has 1 unspecified atom stereocenters. The van der Waals surface area contributed by atoms with Crippen molar-refractivity contribution < 1.29 is 22.5 Å². The Kier molecular flexibility index (Phi) is 6.12. The molecule has 0 bridgehead atoms. The van der Waals surface area contributed by atoms with Gasteiger partial charge >= 0.3 is 6.18 Å². The molecular formula is C25H25F3N4O2. The molecule has 1 atom stereocenters. The normalized spacial score (nSPS) is 19.1. The first-order valence-corrected chi connectivity index (χ1v) is 11.5. The number of hydrogen-bond donors (Lipinski definition) is 0. The monoisotopic (exact) mass is 470 g/mol. The summed E-state index contributed by atoms with van der Waals surface area (Å²) < 4.78 is 44.2. The largest absolute Gasteiger partial charge is 0.416 e. The van der Waals surface area contributed by atoms with E-state index in [1.807, 2.05) is 17.0 Å². The van der Waals surface area contributed by atoms with E-state index in [4.69, 9.17) is 4.52 Å². The van der Waals surface area contributed by atoms with Crippen LogP contribution in [0.1, 0.15) is 41.3 Å². The van der Waals surface area contributed by atoms with Gasteiger partial charge in [0.05, 0.1) is 18.0 Å². The molecule has 0 radical (unpaired) electrons. The molecule has 3 aromatic rings. The summed E-state index contributed by atoms with van der Waals surface area (Å²) in [6.07, 6.45) is -1.49. The molecule has 1 aliphatic carbocycles. The van der Waals surface area contributed by atoms with Gasteiger partial charge in [0.1, 0.15) is 0 Å². The maximum absolute atomic E-state index is 13.2. The van der Waals surface area contributed by atoms with Gasteiger partial charge in [0.15, 0.2) is 0 Å². The number of aromatic nitrogens is 2. The number of benzene rings is 2. The topological polar surface area (TPSA) is 62.5 Å². The summed E-state index contributed by atoms with van der Waals surface area (Å²) in [4.78, 5) is 21.6. The minimum absolute atomic E-state index is 0.0672. The fraction of sp³-hybridized carbons (Fsp3) is 0.400. The van der Waals surface area contributed by atoms with E-state index in [9.17, 15) is 18.0 Å². The van der Waals surface area contributed by atoms with E-state index in [1.165, 1.54) is 17.7 Å². The Morgan fingerprint density at radius 2 is 1.85 bits per heavy atom. The van der Waals surface area contributed by atoms with Crippen LogP contribution in [-0.2, 0) is 23.9 Å². The van der Waals surface area contributed by atoms with Crippen molar-refractivity contribution in [3.8, 4) is 11.4 Å². The number of aryl methyl sites for hydroxylation is 1. The van der Waals surface area contributed by atoms with E-state index in [0.717, 1.165) is 37.0 Å². The lowest BCUT2D eigenvalue weighted by Gasteiger charge is -2.37. The van der Waals surface area contributed by atoms with Gasteiger partial charge in [0.25, 0.3) is 0 Å². The van der Waals surface area contributed by atoms with E-state index in [0.29, 0.717) is 38.6 Å². The van der Waals surface area contributed by atoms with Gasteiger partial charge in [0.2, 0.25) is 17.6 Å². The molecule has 178 valence electrons. The minimum atomic E-state index is -4.43. The summed E-state index contributed by atoms with van der Waals surface area (Å²) in [6.45, 7) is 2.96. The molecule has 1 fully saturated rings. The van der Waals surface area contributed by atoms with Crippen molar-refractivity contribution >= 4 is 5.91 Å². The average Bonchev–Trinajstić information content (AvgIpc) is 3.32. The van der Waals surface area contributed by atoms with Crippen LogP contribution in [0.25, 0.3) is 11.4 Å². The molecule has 1 aliphatic heterocycles. The number of amides is 1. The molecule has 0 spiro atoms. The highest BCUT2D eigenvalue weighted by molar-refractivity contribution is 5.84. The molecule has 0 N–H and O–H groups in total. The summed E-state index contributed by atoms with van der Waals surface area (Å²) in [6, 6.07) is 13.1. The van der Waals surface area contributed by atoms with E-state index in [2.05, 4.69) is 27.2 Å². The van der Waals surface area contributed by atoms with Crippen molar-refractivity contribution in [2.75, 3.05) is 26.2 Å². The maximum atomic E-state index is 13.2. The number of rotatable bonds is 4. The first-order chi connectivity index (χ1) is 16.4. The Labute approximate surface area is 195 Å². The van der Waals surface area contributed by atoms with Gasteiger partial charge in [-0.3, -0.25) is 9.69 Å². The van der Waals surface area contributed by atoms with Crippen molar-refractivity contribution in [2.24, 2.45) is 0 Å². The van der Waals surface area contributed by atoms with Crippen molar-refractivity contribution in [1.82, 2.24) is 19.9 Å². The zero-order chi connectivity index (χ0) is 23.7. The maximum Gasteiger partial charge on any atom is 0.416 e. The summed E-state index contributed by atoms with van der Waals surface area (Å²) in [5.41, 5.74) is 1.94. The highest BCUT2D eigenvalue weighted by Gasteiger charge is 2.32. The molecule has 0 saturated carbocycles. The van der Waals surface area contributed by atoms with E-state index >= 15 is 0 Å². The van der Waals surface area contributed by atoms with Crippen LogP contribution in [0.15, 0.2) is 53.1 Å². The van der Waals surface area contributed by atoms with Crippen LogP contribution < -0.4 is 0 Å². The molecule has 9 heteroatoms. The molecule has 2 aromatic carbocycles. The van der Waals surface area contributed by atoms with Crippen molar-refractivity contribution in [3.05, 3.63) is 71.1 Å². The van der Waals surface area contributed by atoms with Gasteiger partial charge < -0.3 is 9.42 Å². The van der Waals surface area contributed by atoms with Crippen LogP contribution in [0.2, 0.25) is 0 Å². The Morgan fingerprint density at radius 3 is 2.65 bits per heavy atom. The number of alkyl halides is 3. The number of carbonyl (C=O) groups excluding carboxylic acids is 1. The Bertz CT molecular complexity index is 1170. The number of carbonyl (C=O) groups is 1. The Hall–Kier alpha value is -3.20. The van der Waals surface area contributed by atoms with E-state index in [-0.39, 0.29) is 23.2 Å². The molecule has 1 amide bonds. The lowest BCUT2D eigenvalue weighted by atomic mass is 9.82. The van der Waals surface area contributed by atoms with Crippen molar-refractivity contribution in [3.63, 3.8) is 0 Å². The quantitative estimate of drug-likeness (QED) is 0.561. The number of nitrogens with zero attached hydrogens (tertiary/aromatic N) is 4. The van der Waals surface area contributed by atoms with Crippen LogP contribution in [0.5, 0.6) is 0 Å². The van der Waals surface area contributed by atoms with Gasteiger partial charge in [-0.15, -0.1) is 0 Å². The summed E-state index contributed by atoms with van der Waals surface area (Å²) in [7, 11) is 0.